The number of para-hydroxylation sites is 2. The molecule has 1 fully saturated rings. The standard InChI is InChI=1S/C24H22N4O3/c1-3-12-25-22(29)16-9-5-7-11-19(16)28-23(30)20-13-17-15-8-4-6-10-18(15)26-21(17)14(2)27(20)24(28)31/h3-11,14,20,26H,1,12-13H2,2H3,(H,25,29)/t14?,20-/m0/s1. The molecule has 156 valence electrons. The van der Waals surface area contributed by atoms with E-state index in [9.17, 15) is 14.4 Å². The highest BCUT2D eigenvalue weighted by Crippen LogP contribution is 2.42. The van der Waals surface area contributed by atoms with E-state index in [0.29, 0.717) is 18.7 Å². The van der Waals surface area contributed by atoms with Crippen LogP contribution in [0.1, 0.15) is 34.6 Å². The van der Waals surface area contributed by atoms with Crippen LogP contribution in [0.4, 0.5) is 10.5 Å². The maximum Gasteiger partial charge on any atom is 0.332 e. The number of H-pyrrole nitrogens is 1. The number of amides is 4. The molecule has 5 rings (SSSR count). The van der Waals surface area contributed by atoms with Crippen LogP contribution < -0.4 is 10.2 Å². The first-order valence-electron chi connectivity index (χ1n) is 10.3. The molecule has 2 aromatic carbocycles. The highest BCUT2D eigenvalue weighted by atomic mass is 16.2. The van der Waals surface area contributed by atoms with Crippen LogP contribution in [0.2, 0.25) is 0 Å². The van der Waals surface area contributed by atoms with Crippen LogP contribution in [0.15, 0.2) is 61.2 Å². The molecule has 0 aliphatic carbocycles. The molecular weight excluding hydrogens is 392 g/mol. The zero-order valence-corrected chi connectivity index (χ0v) is 17.1. The molecule has 2 atom stereocenters. The highest BCUT2D eigenvalue weighted by molar-refractivity contribution is 6.24. The fourth-order valence-corrected chi connectivity index (χ4v) is 4.70. The Balaban J connectivity index is 1.55. The maximum atomic E-state index is 13.5. The Morgan fingerprint density at radius 3 is 2.74 bits per heavy atom. The monoisotopic (exact) mass is 414 g/mol. The highest BCUT2D eigenvalue weighted by Gasteiger charge is 2.52. The van der Waals surface area contributed by atoms with Gasteiger partial charge in [0.05, 0.1) is 17.3 Å². The third-order valence-corrected chi connectivity index (χ3v) is 6.13. The largest absolute Gasteiger partial charge is 0.356 e. The first kappa shape index (κ1) is 19.1. The van der Waals surface area contributed by atoms with Crippen LogP contribution in [-0.4, -0.2) is 40.3 Å². The summed E-state index contributed by atoms with van der Waals surface area (Å²) in [6, 6.07) is 13.4. The summed E-state index contributed by atoms with van der Waals surface area (Å²) >= 11 is 0. The molecule has 2 N–H and O–H groups in total. The van der Waals surface area contributed by atoms with Crippen molar-refractivity contribution in [1.29, 1.82) is 0 Å². The number of carbonyl (C=O) groups is 3. The molecule has 31 heavy (non-hydrogen) atoms. The summed E-state index contributed by atoms with van der Waals surface area (Å²) < 4.78 is 0. The molecular formula is C24H22N4O3. The average Bonchev–Trinajstić information content (AvgIpc) is 3.28. The van der Waals surface area contributed by atoms with Gasteiger partial charge < -0.3 is 15.2 Å². The fraction of sp³-hybridized carbons (Fsp3) is 0.208. The lowest BCUT2D eigenvalue weighted by molar-refractivity contribution is -0.120. The minimum absolute atomic E-state index is 0.280. The average molecular weight is 414 g/mol. The first-order chi connectivity index (χ1) is 15.0. The predicted molar refractivity (Wildman–Crippen MR) is 118 cm³/mol. The SMILES string of the molecule is C=CCNC(=O)c1ccccc1N1C(=O)[C@@H]2Cc3c([nH]c4ccccc34)C(C)N2C1=O. The number of carbonyl (C=O) groups excluding carboxylic acids is 3. The van der Waals surface area contributed by atoms with Gasteiger partial charge in [0, 0.05) is 29.6 Å². The van der Waals surface area contributed by atoms with Gasteiger partial charge in [-0.1, -0.05) is 36.4 Å². The van der Waals surface area contributed by atoms with Crippen LogP contribution in [-0.2, 0) is 11.2 Å². The Labute approximate surface area is 179 Å². The number of hydrogen-bond donors (Lipinski definition) is 2. The molecule has 1 aromatic heterocycles. The van der Waals surface area contributed by atoms with E-state index in [1.807, 2.05) is 31.2 Å². The molecule has 0 saturated carbocycles. The van der Waals surface area contributed by atoms with E-state index < -0.39 is 12.1 Å². The van der Waals surface area contributed by atoms with Crippen molar-refractivity contribution in [3.05, 3.63) is 78.0 Å². The number of anilines is 1. The molecule has 4 amide bonds. The minimum Gasteiger partial charge on any atom is -0.356 e. The van der Waals surface area contributed by atoms with Gasteiger partial charge >= 0.3 is 6.03 Å². The van der Waals surface area contributed by atoms with Gasteiger partial charge in [0.1, 0.15) is 6.04 Å². The smallest absolute Gasteiger partial charge is 0.332 e. The minimum atomic E-state index is -0.599. The number of rotatable bonds is 4. The Kier molecular flexibility index (Phi) is 4.39. The van der Waals surface area contributed by atoms with E-state index in [1.54, 1.807) is 35.2 Å². The molecule has 1 saturated heterocycles. The lowest BCUT2D eigenvalue weighted by atomic mass is 9.93. The van der Waals surface area contributed by atoms with Crippen LogP contribution in [0.25, 0.3) is 10.9 Å². The number of aromatic amines is 1. The first-order valence-corrected chi connectivity index (χ1v) is 10.3. The lowest BCUT2D eigenvalue weighted by Gasteiger charge is -2.33. The summed E-state index contributed by atoms with van der Waals surface area (Å²) in [6.07, 6.45) is 2.02. The van der Waals surface area contributed by atoms with Crippen molar-refractivity contribution >= 4 is 34.4 Å². The van der Waals surface area contributed by atoms with E-state index in [1.165, 1.54) is 0 Å². The Bertz CT molecular complexity index is 1240. The Hall–Kier alpha value is -3.87. The normalized spacial score (nSPS) is 20.0. The number of nitrogens with one attached hydrogen (secondary N) is 2. The Morgan fingerprint density at radius 1 is 1.19 bits per heavy atom. The summed E-state index contributed by atoms with van der Waals surface area (Å²) in [4.78, 5) is 45.7. The van der Waals surface area contributed by atoms with Gasteiger partial charge in [-0.25, -0.2) is 9.69 Å². The van der Waals surface area contributed by atoms with Gasteiger partial charge in [-0.2, -0.15) is 0 Å². The van der Waals surface area contributed by atoms with Gasteiger partial charge in [0.15, 0.2) is 0 Å². The number of hydrogen-bond acceptors (Lipinski definition) is 3. The van der Waals surface area contributed by atoms with Crippen LogP contribution in [0, 0.1) is 0 Å². The van der Waals surface area contributed by atoms with Crippen LogP contribution in [0.3, 0.4) is 0 Å². The zero-order chi connectivity index (χ0) is 21.7. The van der Waals surface area contributed by atoms with Crippen LogP contribution >= 0.6 is 0 Å². The van der Waals surface area contributed by atoms with Crippen molar-refractivity contribution in [3.63, 3.8) is 0 Å². The quantitative estimate of drug-likeness (QED) is 0.506. The molecule has 1 unspecified atom stereocenters. The topological polar surface area (TPSA) is 85.5 Å². The number of imide groups is 1. The van der Waals surface area contributed by atoms with Crippen LogP contribution in [0.5, 0.6) is 0 Å². The van der Waals surface area contributed by atoms with Gasteiger partial charge in [-0.15, -0.1) is 6.58 Å². The molecule has 2 aliphatic heterocycles. The number of fused-ring (bicyclic) bond motifs is 4. The number of nitrogens with zero attached hydrogens (tertiary/aromatic N) is 2. The van der Waals surface area contributed by atoms with E-state index in [4.69, 9.17) is 0 Å². The molecule has 3 heterocycles. The summed E-state index contributed by atoms with van der Waals surface area (Å²) in [5.74, 6) is -0.665. The van der Waals surface area contributed by atoms with E-state index in [-0.39, 0.29) is 23.4 Å². The van der Waals surface area contributed by atoms with Crippen molar-refractivity contribution in [3.8, 4) is 0 Å². The lowest BCUT2D eigenvalue weighted by Crippen LogP contribution is -2.42. The third-order valence-electron chi connectivity index (χ3n) is 6.13. The van der Waals surface area contributed by atoms with Gasteiger partial charge in [0.2, 0.25) is 0 Å². The van der Waals surface area contributed by atoms with E-state index in [0.717, 1.165) is 27.1 Å². The second-order valence-corrected chi connectivity index (χ2v) is 7.84. The number of benzene rings is 2. The van der Waals surface area contributed by atoms with Crippen molar-refractivity contribution in [2.45, 2.75) is 25.4 Å². The molecule has 0 radical (unpaired) electrons. The van der Waals surface area contributed by atoms with Gasteiger partial charge in [-0.05, 0) is 30.7 Å². The Morgan fingerprint density at radius 2 is 1.94 bits per heavy atom. The molecule has 0 bridgehead atoms. The van der Waals surface area contributed by atoms with E-state index in [2.05, 4.69) is 16.9 Å². The zero-order valence-electron chi connectivity index (χ0n) is 17.1. The molecule has 7 heteroatoms. The van der Waals surface area contributed by atoms with Gasteiger partial charge in [-0.3, -0.25) is 9.59 Å². The summed E-state index contributed by atoms with van der Waals surface area (Å²) in [5.41, 5.74) is 3.61. The van der Waals surface area contributed by atoms with Crippen molar-refractivity contribution in [2.24, 2.45) is 0 Å². The summed E-state index contributed by atoms with van der Waals surface area (Å²) in [6.45, 7) is 5.82. The molecule has 3 aromatic rings. The van der Waals surface area contributed by atoms with Crippen molar-refractivity contribution in [2.75, 3.05) is 11.4 Å². The second-order valence-electron chi connectivity index (χ2n) is 7.84. The number of aromatic nitrogens is 1. The van der Waals surface area contributed by atoms with Crippen molar-refractivity contribution in [1.82, 2.24) is 15.2 Å². The number of urea groups is 1. The summed E-state index contributed by atoms with van der Waals surface area (Å²) in [7, 11) is 0. The van der Waals surface area contributed by atoms with E-state index >= 15 is 0 Å². The van der Waals surface area contributed by atoms with Gasteiger partial charge in [0.25, 0.3) is 11.8 Å². The fourth-order valence-electron chi connectivity index (χ4n) is 4.70. The van der Waals surface area contributed by atoms with Crippen molar-refractivity contribution < 1.29 is 14.4 Å². The second kappa shape index (κ2) is 7.12. The third kappa shape index (κ3) is 2.77. The summed E-state index contributed by atoms with van der Waals surface area (Å²) in [5, 5.41) is 3.79. The molecule has 2 aliphatic rings. The maximum absolute atomic E-state index is 13.5. The molecule has 0 spiro atoms. The molecule has 7 nitrogen and oxygen atoms in total. The predicted octanol–water partition coefficient (Wildman–Crippen LogP) is 3.54.